The van der Waals surface area contributed by atoms with Crippen LogP contribution in [0.15, 0.2) is 58.3 Å². The summed E-state index contributed by atoms with van der Waals surface area (Å²) in [5.74, 6) is -0.664. The first-order valence-corrected chi connectivity index (χ1v) is 12.9. The van der Waals surface area contributed by atoms with Crippen molar-refractivity contribution in [2.24, 2.45) is 0 Å². The second kappa shape index (κ2) is 9.46. The Balaban J connectivity index is 1.54. The number of hydrogen-bond donors (Lipinski definition) is 0. The SMILES string of the molecule is O=S(=O)(CCCN1CCN(S(=O)(=O)c2cccc(C(F)(F)F)c2)CC1)c1ccc(F)cc1. The average molecular weight is 495 g/mol. The van der Waals surface area contributed by atoms with Gasteiger partial charge in [-0.1, -0.05) is 6.07 Å². The molecule has 1 heterocycles. The third-order valence-corrected chi connectivity index (χ3v) is 8.90. The number of halogens is 4. The molecule has 0 aromatic heterocycles. The van der Waals surface area contributed by atoms with Gasteiger partial charge in [0.05, 0.1) is 21.1 Å². The van der Waals surface area contributed by atoms with Crippen LogP contribution >= 0.6 is 0 Å². The molecule has 12 heteroatoms. The van der Waals surface area contributed by atoms with Crippen molar-refractivity contribution in [1.82, 2.24) is 9.21 Å². The van der Waals surface area contributed by atoms with Crippen LogP contribution < -0.4 is 0 Å². The van der Waals surface area contributed by atoms with Gasteiger partial charge in [0.1, 0.15) is 5.82 Å². The Bertz CT molecular complexity index is 1140. The normalized spacial score (nSPS) is 16.9. The molecule has 0 N–H and O–H groups in total. The minimum absolute atomic E-state index is 0.0379. The van der Waals surface area contributed by atoms with Crippen molar-refractivity contribution in [2.45, 2.75) is 22.4 Å². The van der Waals surface area contributed by atoms with Crippen molar-refractivity contribution in [2.75, 3.05) is 38.5 Å². The molecule has 6 nitrogen and oxygen atoms in total. The number of sulfone groups is 1. The minimum atomic E-state index is -4.64. The lowest BCUT2D eigenvalue weighted by molar-refractivity contribution is -0.137. The fourth-order valence-corrected chi connectivity index (χ4v) is 6.18. The number of benzene rings is 2. The Hall–Kier alpha value is -2.02. The Morgan fingerprint density at radius 2 is 1.47 bits per heavy atom. The summed E-state index contributed by atoms with van der Waals surface area (Å²) in [5.41, 5.74) is -1.03. The Morgan fingerprint density at radius 1 is 0.844 bits per heavy atom. The highest BCUT2D eigenvalue weighted by molar-refractivity contribution is 7.91. The Labute approximate surface area is 184 Å². The quantitative estimate of drug-likeness (QED) is 0.437. The van der Waals surface area contributed by atoms with Crippen LogP contribution in [0.4, 0.5) is 17.6 Å². The van der Waals surface area contributed by atoms with E-state index in [0.29, 0.717) is 32.1 Å². The van der Waals surface area contributed by atoms with Gasteiger partial charge in [0.15, 0.2) is 9.84 Å². The highest BCUT2D eigenvalue weighted by atomic mass is 32.2. The maximum atomic E-state index is 13.0. The van der Waals surface area contributed by atoms with E-state index in [2.05, 4.69) is 0 Å². The van der Waals surface area contributed by atoms with Gasteiger partial charge in [-0.05, 0) is 55.4 Å². The standard InChI is InChI=1S/C20H22F4N2O4S2/c21-17-5-7-18(8-6-17)31(27,28)14-2-9-25-10-12-26(13-11-25)32(29,30)19-4-1-3-16(15-19)20(22,23)24/h1,3-8,15H,2,9-14H2. The lowest BCUT2D eigenvalue weighted by atomic mass is 10.2. The summed E-state index contributed by atoms with van der Waals surface area (Å²) >= 11 is 0. The van der Waals surface area contributed by atoms with Gasteiger partial charge in [0, 0.05) is 26.2 Å². The summed E-state index contributed by atoms with van der Waals surface area (Å²) in [4.78, 5) is 1.53. The molecule has 1 aliphatic heterocycles. The smallest absolute Gasteiger partial charge is 0.301 e. The van der Waals surface area contributed by atoms with Gasteiger partial charge >= 0.3 is 6.18 Å². The predicted octanol–water partition coefficient (Wildman–Crippen LogP) is 3.01. The third-order valence-electron chi connectivity index (χ3n) is 5.19. The first-order chi connectivity index (χ1) is 14.9. The number of alkyl halides is 3. The number of hydrogen-bond acceptors (Lipinski definition) is 5. The van der Waals surface area contributed by atoms with E-state index in [0.717, 1.165) is 34.6 Å². The molecule has 0 unspecified atom stereocenters. The molecular formula is C20H22F4N2O4S2. The van der Waals surface area contributed by atoms with Crippen LogP contribution in [0.1, 0.15) is 12.0 Å². The Morgan fingerprint density at radius 3 is 2.06 bits per heavy atom. The fraction of sp³-hybridized carbons (Fsp3) is 0.400. The molecule has 0 amide bonds. The number of nitrogens with zero attached hydrogens (tertiary/aromatic N) is 2. The average Bonchev–Trinajstić information content (AvgIpc) is 2.74. The number of sulfonamides is 1. The van der Waals surface area contributed by atoms with E-state index in [1.165, 1.54) is 12.1 Å². The topological polar surface area (TPSA) is 74.8 Å². The van der Waals surface area contributed by atoms with Crippen LogP contribution in [-0.2, 0) is 26.0 Å². The fourth-order valence-electron chi connectivity index (χ4n) is 3.41. The van der Waals surface area contributed by atoms with Crippen LogP contribution in [-0.4, -0.2) is 64.5 Å². The van der Waals surface area contributed by atoms with Crippen LogP contribution in [0.3, 0.4) is 0 Å². The monoisotopic (exact) mass is 494 g/mol. The van der Waals surface area contributed by atoms with Gasteiger partial charge in [0.25, 0.3) is 0 Å². The number of rotatable bonds is 7. The summed E-state index contributed by atoms with van der Waals surface area (Å²) in [7, 11) is -7.63. The second-order valence-corrected chi connectivity index (χ2v) is 11.4. The zero-order chi connectivity index (χ0) is 23.6. The van der Waals surface area contributed by atoms with Gasteiger partial charge in [0.2, 0.25) is 10.0 Å². The zero-order valence-electron chi connectivity index (χ0n) is 16.9. The largest absolute Gasteiger partial charge is 0.416 e. The van der Waals surface area contributed by atoms with Crippen LogP contribution in [0.2, 0.25) is 0 Å². The molecule has 1 saturated heterocycles. The highest BCUT2D eigenvalue weighted by Crippen LogP contribution is 2.31. The summed E-state index contributed by atoms with van der Waals surface area (Å²) in [6.07, 6.45) is -4.33. The van der Waals surface area contributed by atoms with Crippen LogP contribution in [0, 0.1) is 5.82 Å². The van der Waals surface area contributed by atoms with E-state index in [1.807, 2.05) is 4.90 Å². The van der Waals surface area contributed by atoms with E-state index in [9.17, 15) is 34.4 Å². The maximum Gasteiger partial charge on any atom is 0.416 e. The van der Waals surface area contributed by atoms with Gasteiger partial charge in [-0.25, -0.2) is 21.2 Å². The zero-order valence-corrected chi connectivity index (χ0v) is 18.6. The summed E-state index contributed by atoms with van der Waals surface area (Å²) in [5, 5.41) is 0. The number of piperazine rings is 1. The molecule has 32 heavy (non-hydrogen) atoms. The lowest BCUT2D eigenvalue weighted by Crippen LogP contribution is -2.48. The van der Waals surface area contributed by atoms with E-state index in [-0.39, 0.29) is 23.7 Å². The van der Waals surface area contributed by atoms with E-state index in [1.54, 1.807) is 0 Å². The van der Waals surface area contributed by atoms with Crippen LogP contribution in [0.25, 0.3) is 0 Å². The van der Waals surface area contributed by atoms with Gasteiger partial charge < -0.3 is 4.90 Å². The van der Waals surface area contributed by atoms with Gasteiger partial charge in [-0.2, -0.15) is 17.5 Å². The van der Waals surface area contributed by atoms with Crippen LogP contribution in [0.5, 0.6) is 0 Å². The van der Waals surface area contributed by atoms with Crippen molar-refractivity contribution in [3.8, 4) is 0 Å². The van der Waals surface area contributed by atoms with Crippen molar-refractivity contribution in [1.29, 1.82) is 0 Å². The maximum absolute atomic E-state index is 13.0. The first-order valence-electron chi connectivity index (χ1n) is 9.78. The van der Waals surface area contributed by atoms with E-state index >= 15 is 0 Å². The van der Waals surface area contributed by atoms with E-state index in [4.69, 9.17) is 0 Å². The molecule has 0 radical (unpaired) electrons. The lowest BCUT2D eigenvalue weighted by Gasteiger charge is -2.34. The molecule has 2 aromatic rings. The molecule has 0 aliphatic carbocycles. The van der Waals surface area contributed by atoms with Gasteiger partial charge in [-0.15, -0.1) is 0 Å². The summed E-state index contributed by atoms with van der Waals surface area (Å²) < 4.78 is 103. The van der Waals surface area contributed by atoms with Gasteiger partial charge in [-0.3, -0.25) is 0 Å². The molecule has 1 fully saturated rings. The van der Waals surface area contributed by atoms with Crippen molar-refractivity contribution in [3.05, 3.63) is 59.9 Å². The third kappa shape index (κ3) is 5.85. The minimum Gasteiger partial charge on any atom is -0.301 e. The van der Waals surface area contributed by atoms with Crippen molar-refractivity contribution in [3.63, 3.8) is 0 Å². The second-order valence-electron chi connectivity index (χ2n) is 7.40. The molecule has 0 spiro atoms. The summed E-state index contributed by atoms with van der Waals surface area (Å²) in [6.45, 7) is 1.24. The highest BCUT2D eigenvalue weighted by Gasteiger charge is 2.34. The molecule has 0 saturated carbocycles. The molecule has 2 aromatic carbocycles. The molecule has 3 rings (SSSR count). The van der Waals surface area contributed by atoms with Crippen molar-refractivity contribution >= 4 is 19.9 Å². The Kier molecular flexibility index (Phi) is 7.28. The summed E-state index contributed by atoms with van der Waals surface area (Å²) in [6, 6.07) is 8.22. The van der Waals surface area contributed by atoms with E-state index < -0.39 is 42.3 Å². The molecule has 176 valence electrons. The molecule has 0 bridgehead atoms. The molecular weight excluding hydrogens is 472 g/mol. The van der Waals surface area contributed by atoms with Crippen molar-refractivity contribution < 1.29 is 34.4 Å². The predicted molar refractivity (Wildman–Crippen MR) is 110 cm³/mol. The first kappa shape index (κ1) is 24.6. The molecule has 0 atom stereocenters. The molecule has 1 aliphatic rings.